The maximum absolute atomic E-state index is 12.7. The molecule has 0 aromatic carbocycles. The Labute approximate surface area is 140 Å². The Morgan fingerprint density at radius 1 is 1.52 bits per heavy atom. The normalized spacial score (nSPS) is 13.0. The zero-order valence-corrected chi connectivity index (χ0v) is 14.7. The van der Waals surface area contributed by atoms with Gasteiger partial charge in [0.05, 0.1) is 6.61 Å². The van der Waals surface area contributed by atoms with Crippen LogP contribution in [-0.4, -0.2) is 41.8 Å². The van der Waals surface area contributed by atoms with Gasteiger partial charge in [-0.2, -0.15) is 8.78 Å². The van der Waals surface area contributed by atoms with Crippen molar-refractivity contribution in [1.29, 1.82) is 0 Å². The van der Waals surface area contributed by atoms with Crippen LogP contribution in [0, 0.1) is 0 Å². The first kappa shape index (κ1) is 20.0. The minimum absolute atomic E-state index is 0. The van der Waals surface area contributed by atoms with E-state index in [-0.39, 0.29) is 42.4 Å². The number of rotatable bonds is 7. The van der Waals surface area contributed by atoms with Crippen LogP contribution in [0.25, 0.3) is 0 Å². The molecule has 9 heteroatoms. The number of imidazole rings is 1. The van der Waals surface area contributed by atoms with E-state index in [4.69, 9.17) is 4.74 Å². The van der Waals surface area contributed by atoms with Crippen molar-refractivity contribution >= 4 is 29.9 Å². The molecule has 2 N–H and O–H groups in total. The molecule has 1 atom stereocenters. The molecule has 0 bridgehead atoms. The molecule has 1 unspecified atom stereocenters. The maximum Gasteiger partial charge on any atom is 0.319 e. The molecule has 1 rings (SSSR count). The number of alkyl halides is 2. The summed E-state index contributed by atoms with van der Waals surface area (Å²) >= 11 is 0. The minimum Gasteiger partial charge on any atom is -0.383 e. The van der Waals surface area contributed by atoms with Crippen LogP contribution in [0.5, 0.6) is 0 Å². The molecular weight excluding hydrogens is 395 g/mol. The first-order valence-corrected chi connectivity index (χ1v) is 6.42. The highest BCUT2D eigenvalue weighted by Crippen LogP contribution is 2.12. The predicted molar refractivity (Wildman–Crippen MR) is 88.2 cm³/mol. The van der Waals surface area contributed by atoms with Crippen LogP contribution in [0.3, 0.4) is 0 Å². The summed E-state index contributed by atoms with van der Waals surface area (Å²) in [6.45, 7) is 2.54. The van der Waals surface area contributed by atoms with Gasteiger partial charge in [0.15, 0.2) is 5.96 Å². The number of halogens is 3. The van der Waals surface area contributed by atoms with Crippen molar-refractivity contribution in [2.75, 3.05) is 20.3 Å². The summed E-state index contributed by atoms with van der Waals surface area (Å²) in [6, 6.07) is 0.0626. The van der Waals surface area contributed by atoms with Crippen LogP contribution < -0.4 is 10.6 Å². The molecule has 6 nitrogen and oxygen atoms in total. The summed E-state index contributed by atoms with van der Waals surface area (Å²) in [5.41, 5.74) is 0. The third-order valence-corrected chi connectivity index (χ3v) is 2.48. The SMILES string of the molecule is CCNC(=NCc1nccn1C(F)F)NC(C)COC.I. The van der Waals surface area contributed by atoms with Gasteiger partial charge in [0.2, 0.25) is 0 Å². The molecule has 0 saturated carbocycles. The molecule has 0 saturated heterocycles. The highest BCUT2D eigenvalue weighted by molar-refractivity contribution is 14.0. The second-order valence-corrected chi connectivity index (χ2v) is 4.22. The van der Waals surface area contributed by atoms with Gasteiger partial charge < -0.3 is 15.4 Å². The fourth-order valence-electron chi connectivity index (χ4n) is 1.64. The van der Waals surface area contributed by atoms with E-state index in [1.165, 1.54) is 12.4 Å². The minimum atomic E-state index is -2.61. The Morgan fingerprint density at radius 2 is 2.24 bits per heavy atom. The van der Waals surface area contributed by atoms with Gasteiger partial charge in [0.25, 0.3) is 0 Å². The summed E-state index contributed by atoms with van der Waals surface area (Å²) in [5, 5.41) is 6.16. The molecule has 1 aromatic rings. The second-order valence-electron chi connectivity index (χ2n) is 4.22. The van der Waals surface area contributed by atoms with Gasteiger partial charge in [0.1, 0.15) is 12.4 Å². The Balaban J connectivity index is 0.00000400. The van der Waals surface area contributed by atoms with Gasteiger partial charge in [0, 0.05) is 32.1 Å². The monoisotopic (exact) mass is 417 g/mol. The van der Waals surface area contributed by atoms with Gasteiger partial charge in [-0.05, 0) is 13.8 Å². The third kappa shape index (κ3) is 7.02. The molecule has 0 amide bonds. The number of hydrogen-bond donors (Lipinski definition) is 2. The van der Waals surface area contributed by atoms with Gasteiger partial charge in [-0.1, -0.05) is 0 Å². The van der Waals surface area contributed by atoms with E-state index in [2.05, 4.69) is 20.6 Å². The maximum atomic E-state index is 12.7. The van der Waals surface area contributed by atoms with Gasteiger partial charge >= 0.3 is 6.55 Å². The molecule has 1 heterocycles. The standard InChI is InChI=1S/C12H21F2N5O.HI/c1-4-15-12(18-9(2)8-20-3)17-7-10-16-5-6-19(10)11(13)14;/h5-6,9,11H,4,7-8H2,1-3H3,(H2,15,17,18);1H. The number of aromatic nitrogens is 2. The lowest BCUT2D eigenvalue weighted by atomic mass is 10.4. The summed E-state index contributed by atoms with van der Waals surface area (Å²) in [6.07, 6.45) is 2.58. The third-order valence-electron chi connectivity index (χ3n) is 2.48. The van der Waals surface area contributed by atoms with Gasteiger partial charge in [-0.15, -0.1) is 24.0 Å². The number of nitrogens with one attached hydrogen (secondary N) is 2. The van der Waals surface area contributed by atoms with Crippen molar-refractivity contribution in [2.24, 2.45) is 4.99 Å². The van der Waals surface area contributed by atoms with Crippen molar-refractivity contribution in [2.45, 2.75) is 33.0 Å². The second kappa shape index (κ2) is 10.7. The molecule has 0 aliphatic rings. The van der Waals surface area contributed by atoms with Crippen LogP contribution in [-0.2, 0) is 11.3 Å². The van der Waals surface area contributed by atoms with E-state index < -0.39 is 6.55 Å². The molecule has 0 spiro atoms. The van der Waals surface area contributed by atoms with E-state index in [1.54, 1.807) is 7.11 Å². The molecule has 0 radical (unpaired) electrons. The first-order valence-electron chi connectivity index (χ1n) is 6.42. The quantitative estimate of drug-likeness (QED) is 0.405. The predicted octanol–water partition coefficient (Wildman–Crippen LogP) is 1.99. The van der Waals surface area contributed by atoms with Gasteiger partial charge in [-0.3, -0.25) is 4.57 Å². The van der Waals surface area contributed by atoms with Crippen LogP contribution in [0.2, 0.25) is 0 Å². The van der Waals surface area contributed by atoms with Crippen molar-refractivity contribution in [1.82, 2.24) is 20.2 Å². The number of nitrogens with zero attached hydrogens (tertiary/aromatic N) is 3. The smallest absolute Gasteiger partial charge is 0.319 e. The summed E-state index contributed by atoms with van der Waals surface area (Å²) < 4.78 is 31.2. The van der Waals surface area contributed by atoms with Crippen molar-refractivity contribution < 1.29 is 13.5 Å². The summed E-state index contributed by atoms with van der Waals surface area (Å²) in [5.74, 6) is 0.762. The first-order chi connectivity index (χ1) is 9.58. The van der Waals surface area contributed by atoms with Crippen molar-refractivity contribution in [3.8, 4) is 0 Å². The van der Waals surface area contributed by atoms with Crippen molar-refractivity contribution in [3.63, 3.8) is 0 Å². The molecule has 0 fully saturated rings. The fraction of sp³-hybridized carbons (Fsp3) is 0.667. The molecule has 122 valence electrons. The van der Waals surface area contributed by atoms with E-state index >= 15 is 0 Å². The molecular formula is C12H22F2IN5O. The van der Waals surface area contributed by atoms with Crippen LogP contribution in [0.1, 0.15) is 26.2 Å². The van der Waals surface area contributed by atoms with Crippen LogP contribution in [0.15, 0.2) is 17.4 Å². The average molecular weight is 417 g/mol. The van der Waals surface area contributed by atoms with E-state index in [1.807, 2.05) is 13.8 Å². The highest BCUT2D eigenvalue weighted by atomic mass is 127. The van der Waals surface area contributed by atoms with E-state index in [0.717, 1.165) is 4.57 Å². The lowest BCUT2D eigenvalue weighted by Crippen LogP contribution is -2.44. The van der Waals surface area contributed by atoms with Crippen molar-refractivity contribution in [3.05, 3.63) is 18.2 Å². The Morgan fingerprint density at radius 3 is 2.81 bits per heavy atom. The van der Waals surface area contributed by atoms with E-state index in [9.17, 15) is 8.78 Å². The van der Waals surface area contributed by atoms with Gasteiger partial charge in [-0.25, -0.2) is 9.98 Å². The van der Waals surface area contributed by atoms with Crippen LogP contribution in [0.4, 0.5) is 8.78 Å². The fourth-order valence-corrected chi connectivity index (χ4v) is 1.64. The summed E-state index contributed by atoms with van der Waals surface area (Å²) in [7, 11) is 1.61. The molecule has 1 aromatic heterocycles. The lowest BCUT2D eigenvalue weighted by Gasteiger charge is -2.17. The number of hydrogen-bond acceptors (Lipinski definition) is 3. The highest BCUT2D eigenvalue weighted by Gasteiger charge is 2.11. The number of guanidine groups is 1. The molecule has 0 aliphatic heterocycles. The number of ether oxygens (including phenoxy) is 1. The Bertz CT molecular complexity index is 428. The van der Waals surface area contributed by atoms with E-state index in [0.29, 0.717) is 19.1 Å². The topological polar surface area (TPSA) is 63.5 Å². The zero-order chi connectivity index (χ0) is 15.0. The molecule has 0 aliphatic carbocycles. The average Bonchev–Trinajstić information content (AvgIpc) is 2.85. The largest absolute Gasteiger partial charge is 0.383 e. The summed E-state index contributed by atoms with van der Waals surface area (Å²) in [4.78, 5) is 8.12. The number of methoxy groups -OCH3 is 1. The molecule has 21 heavy (non-hydrogen) atoms. The zero-order valence-electron chi connectivity index (χ0n) is 12.3. The van der Waals surface area contributed by atoms with Crippen LogP contribution >= 0.6 is 24.0 Å². The lowest BCUT2D eigenvalue weighted by molar-refractivity contribution is 0.0671. The Hall–Kier alpha value is -0.970. The Kier molecular flexibility index (Phi) is 10.2. The number of aliphatic imine (C=N–C) groups is 1.